The van der Waals surface area contributed by atoms with Gasteiger partial charge in [-0.05, 0) is 55.3 Å². The Bertz CT molecular complexity index is 958. The summed E-state index contributed by atoms with van der Waals surface area (Å²) in [5, 5.41) is 5.81. The van der Waals surface area contributed by atoms with E-state index in [1.165, 1.54) is 6.26 Å². The highest BCUT2D eigenvalue weighted by Gasteiger charge is 2.23. The van der Waals surface area contributed by atoms with Crippen molar-refractivity contribution in [3.8, 4) is 0 Å². The number of amides is 2. The molecule has 2 amide bonds. The number of furan rings is 1. The molecule has 2 aromatic heterocycles. The Hall–Kier alpha value is -3.68. The molecule has 0 bridgehead atoms. The maximum atomic E-state index is 12.6. The molecular weight excluding hydrogens is 370 g/mol. The van der Waals surface area contributed by atoms with E-state index in [1.807, 2.05) is 0 Å². The third-order valence-corrected chi connectivity index (χ3v) is 4.74. The molecule has 0 aliphatic carbocycles. The number of hydrogen-bond donors (Lipinski definition) is 2. The van der Waals surface area contributed by atoms with Crippen molar-refractivity contribution in [1.82, 2.24) is 15.3 Å². The van der Waals surface area contributed by atoms with Gasteiger partial charge in [0.15, 0.2) is 5.76 Å². The Kier molecular flexibility index (Phi) is 5.51. The molecule has 8 heteroatoms. The average Bonchev–Trinajstić information content (AvgIpc) is 3.30. The molecular formula is C21H21N5O3. The van der Waals surface area contributed by atoms with Gasteiger partial charge in [0.05, 0.1) is 6.26 Å². The predicted molar refractivity (Wildman–Crippen MR) is 108 cm³/mol. The quantitative estimate of drug-likeness (QED) is 0.694. The molecule has 1 saturated heterocycles. The van der Waals surface area contributed by atoms with E-state index in [4.69, 9.17) is 4.42 Å². The van der Waals surface area contributed by atoms with Crippen molar-refractivity contribution in [2.75, 3.05) is 23.3 Å². The molecule has 29 heavy (non-hydrogen) atoms. The number of aromatic nitrogens is 2. The van der Waals surface area contributed by atoms with Gasteiger partial charge in [0.25, 0.3) is 11.8 Å². The summed E-state index contributed by atoms with van der Waals surface area (Å²) >= 11 is 0. The minimum atomic E-state index is -0.336. The number of nitrogens with zero attached hydrogens (tertiary/aromatic N) is 3. The van der Waals surface area contributed by atoms with Crippen molar-refractivity contribution in [3.63, 3.8) is 0 Å². The van der Waals surface area contributed by atoms with Gasteiger partial charge in [-0.1, -0.05) is 0 Å². The highest BCUT2D eigenvalue weighted by Crippen LogP contribution is 2.16. The maximum absolute atomic E-state index is 12.6. The summed E-state index contributed by atoms with van der Waals surface area (Å²) in [6, 6.07) is 11.8. The second-order valence-corrected chi connectivity index (χ2v) is 6.82. The molecule has 0 saturated carbocycles. The van der Waals surface area contributed by atoms with Crippen LogP contribution in [0.25, 0.3) is 0 Å². The van der Waals surface area contributed by atoms with Gasteiger partial charge in [0, 0.05) is 42.8 Å². The zero-order chi connectivity index (χ0) is 20.1. The van der Waals surface area contributed by atoms with Crippen LogP contribution in [0.3, 0.4) is 0 Å². The fourth-order valence-corrected chi connectivity index (χ4v) is 3.31. The zero-order valence-electron chi connectivity index (χ0n) is 15.7. The number of rotatable bonds is 5. The number of hydrogen-bond acceptors (Lipinski definition) is 6. The first-order chi connectivity index (χ1) is 14.2. The van der Waals surface area contributed by atoms with Crippen LogP contribution in [-0.4, -0.2) is 40.9 Å². The summed E-state index contributed by atoms with van der Waals surface area (Å²) in [7, 11) is 0. The van der Waals surface area contributed by atoms with Gasteiger partial charge in [0.2, 0.25) is 5.95 Å². The standard InChI is InChI=1S/C21H21N5O3/c27-19(25-17-4-1-12-26(14-17)21-22-10-3-11-23-21)15-6-8-16(9-7-15)24-20(28)18-5-2-13-29-18/h2-3,5-11,13,17H,1,4,12,14H2,(H,24,28)(H,25,27)/t17-/m0/s1. The largest absolute Gasteiger partial charge is 0.459 e. The molecule has 3 aromatic rings. The van der Waals surface area contributed by atoms with E-state index in [-0.39, 0.29) is 23.6 Å². The number of anilines is 2. The van der Waals surface area contributed by atoms with Crippen LogP contribution >= 0.6 is 0 Å². The Morgan fingerprint density at radius 2 is 1.83 bits per heavy atom. The summed E-state index contributed by atoms with van der Waals surface area (Å²) in [6.07, 6.45) is 6.75. The van der Waals surface area contributed by atoms with Crippen molar-refractivity contribution < 1.29 is 14.0 Å². The molecule has 0 unspecified atom stereocenters. The van der Waals surface area contributed by atoms with Crippen LogP contribution in [0.4, 0.5) is 11.6 Å². The van der Waals surface area contributed by atoms with Crippen molar-refractivity contribution >= 4 is 23.5 Å². The Balaban J connectivity index is 1.34. The first-order valence-electron chi connectivity index (χ1n) is 9.47. The molecule has 1 fully saturated rings. The molecule has 2 N–H and O–H groups in total. The van der Waals surface area contributed by atoms with E-state index in [2.05, 4.69) is 25.5 Å². The number of piperidine rings is 1. The maximum Gasteiger partial charge on any atom is 0.291 e. The van der Waals surface area contributed by atoms with Gasteiger partial charge in [-0.3, -0.25) is 9.59 Å². The Morgan fingerprint density at radius 1 is 1.03 bits per heavy atom. The first-order valence-corrected chi connectivity index (χ1v) is 9.47. The second-order valence-electron chi connectivity index (χ2n) is 6.82. The molecule has 1 atom stereocenters. The van der Waals surface area contributed by atoms with Crippen molar-refractivity contribution in [1.29, 1.82) is 0 Å². The number of carbonyl (C=O) groups is 2. The van der Waals surface area contributed by atoms with Crippen LogP contribution in [-0.2, 0) is 0 Å². The average molecular weight is 391 g/mol. The van der Waals surface area contributed by atoms with Crippen molar-refractivity contribution in [2.24, 2.45) is 0 Å². The van der Waals surface area contributed by atoms with Gasteiger partial charge in [-0.15, -0.1) is 0 Å². The predicted octanol–water partition coefficient (Wildman–Crippen LogP) is 2.72. The van der Waals surface area contributed by atoms with Crippen LogP contribution in [0.1, 0.15) is 33.8 Å². The minimum Gasteiger partial charge on any atom is -0.459 e. The van der Waals surface area contributed by atoms with E-state index in [1.54, 1.807) is 54.9 Å². The minimum absolute atomic E-state index is 0.0263. The highest BCUT2D eigenvalue weighted by atomic mass is 16.3. The number of benzene rings is 1. The van der Waals surface area contributed by atoms with Gasteiger partial charge in [-0.2, -0.15) is 0 Å². The third-order valence-electron chi connectivity index (χ3n) is 4.74. The van der Waals surface area contributed by atoms with Gasteiger partial charge in [0.1, 0.15) is 0 Å². The first kappa shape index (κ1) is 18.7. The topological polar surface area (TPSA) is 100 Å². The SMILES string of the molecule is O=C(N[C@H]1CCCN(c2ncccn2)C1)c1ccc(NC(=O)c2ccco2)cc1. The smallest absolute Gasteiger partial charge is 0.291 e. The van der Waals surface area contributed by atoms with Crippen LogP contribution < -0.4 is 15.5 Å². The second kappa shape index (κ2) is 8.55. The van der Waals surface area contributed by atoms with Crippen molar-refractivity contribution in [3.05, 3.63) is 72.4 Å². The Labute approximate surface area is 168 Å². The lowest BCUT2D eigenvalue weighted by Crippen LogP contribution is -2.48. The van der Waals surface area contributed by atoms with E-state index in [0.29, 0.717) is 23.7 Å². The van der Waals surface area contributed by atoms with Gasteiger partial charge in [-0.25, -0.2) is 9.97 Å². The van der Waals surface area contributed by atoms with E-state index < -0.39 is 0 Å². The van der Waals surface area contributed by atoms with E-state index in [9.17, 15) is 9.59 Å². The zero-order valence-corrected chi connectivity index (χ0v) is 15.7. The van der Waals surface area contributed by atoms with Crippen LogP contribution in [0.5, 0.6) is 0 Å². The lowest BCUT2D eigenvalue weighted by Gasteiger charge is -2.33. The fourth-order valence-electron chi connectivity index (χ4n) is 3.31. The molecule has 1 aromatic carbocycles. The lowest BCUT2D eigenvalue weighted by atomic mass is 10.1. The summed E-state index contributed by atoms with van der Waals surface area (Å²) in [6.45, 7) is 1.55. The normalized spacial score (nSPS) is 16.3. The number of nitrogens with one attached hydrogen (secondary N) is 2. The molecule has 0 spiro atoms. The van der Waals surface area contributed by atoms with Crippen LogP contribution in [0.2, 0.25) is 0 Å². The van der Waals surface area contributed by atoms with Gasteiger partial charge < -0.3 is 20.0 Å². The molecule has 1 aliphatic heterocycles. The van der Waals surface area contributed by atoms with E-state index >= 15 is 0 Å². The Morgan fingerprint density at radius 3 is 2.55 bits per heavy atom. The summed E-state index contributed by atoms with van der Waals surface area (Å²) in [5.74, 6) is 0.437. The molecule has 8 nitrogen and oxygen atoms in total. The summed E-state index contributed by atoms with van der Waals surface area (Å²) in [4.78, 5) is 35.3. The number of carbonyl (C=O) groups excluding carboxylic acids is 2. The highest BCUT2D eigenvalue weighted by molar-refractivity contribution is 6.02. The molecule has 148 valence electrons. The summed E-state index contributed by atoms with van der Waals surface area (Å²) in [5.41, 5.74) is 1.13. The van der Waals surface area contributed by atoms with Crippen LogP contribution in [0, 0.1) is 0 Å². The summed E-state index contributed by atoms with van der Waals surface area (Å²) < 4.78 is 5.07. The monoisotopic (exact) mass is 391 g/mol. The van der Waals surface area contributed by atoms with Crippen LogP contribution in [0.15, 0.2) is 65.5 Å². The molecule has 4 rings (SSSR count). The molecule has 0 radical (unpaired) electrons. The lowest BCUT2D eigenvalue weighted by molar-refractivity contribution is 0.0932. The molecule has 1 aliphatic rings. The van der Waals surface area contributed by atoms with E-state index in [0.717, 1.165) is 19.4 Å². The van der Waals surface area contributed by atoms with Crippen molar-refractivity contribution in [2.45, 2.75) is 18.9 Å². The third kappa shape index (κ3) is 4.60. The fraction of sp³-hybridized carbons (Fsp3) is 0.238. The van der Waals surface area contributed by atoms with Gasteiger partial charge >= 0.3 is 0 Å². The molecule has 3 heterocycles.